The average molecular weight is 243 g/mol. The number of likely N-dealkylation sites (N-methyl/N-ethyl adjacent to an activating group) is 1. The largest absolute Gasteiger partial charge is 0.380 e. The first-order valence-corrected chi connectivity index (χ1v) is 6.30. The van der Waals surface area contributed by atoms with E-state index < -0.39 is 0 Å². The van der Waals surface area contributed by atoms with E-state index in [4.69, 9.17) is 4.74 Å². The zero-order valence-electron chi connectivity index (χ0n) is 11.6. The Balaban J connectivity index is 2.30. The van der Waals surface area contributed by atoms with Crippen LogP contribution in [-0.2, 0) is 11.3 Å². The van der Waals surface area contributed by atoms with Gasteiger partial charge in [-0.1, -0.05) is 30.4 Å². The molecule has 2 rings (SSSR count). The molecular formula is C16H21NO. The van der Waals surface area contributed by atoms with Crippen molar-refractivity contribution in [2.75, 3.05) is 21.2 Å². The molecule has 1 unspecified atom stereocenters. The molecule has 0 amide bonds. The number of hydrogen-bond donors (Lipinski definition) is 0. The third-order valence-corrected chi connectivity index (χ3v) is 3.42. The van der Waals surface area contributed by atoms with Crippen LogP contribution in [0.15, 0.2) is 30.4 Å². The molecule has 0 heterocycles. The second-order valence-electron chi connectivity index (χ2n) is 5.01. The summed E-state index contributed by atoms with van der Waals surface area (Å²) in [4.78, 5) is 2.21. The van der Waals surface area contributed by atoms with Gasteiger partial charge in [0.1, 0.15) is 0 Å². The molecule has 0 saturated carbocycles. The Morgan fingerprint density at radius 1 is 1.28 bits per heavy atom. The molecule has 0 radical (unpaired) electrons. The fourth-order valence-electron chi connectivity index (χ4n) is 2.08. The Hall–Kier alpha value is -1.38. The Morgan fingerprint density at radius 3 is 2.72 bits per heavy atom. The van der Waals surface area contributed by atoms with Crippen molar-refractivity contribution < 1.29 is 4.74 Å². The lowest BCUT2D eigenvalue weighted by molar-refractivity contribution is 0.185. The van der Waals surface area contributed by atoms with Crippen molar-refractivity contribution in [3.05, 3.63) is 47.0 Å². The fourth-order valence-corrected chi connectivity index (χ4v) is 2.08. The topological polar surface area (TPSA) is 12.5 Å². The quantitative estimate of drug-likeness (QED) is 0.805. The van der Waals surface area contributed by atoms with Crippen LogP contribution < -0.4 is 0 Å². The van der Waals surface area contributed by atoms with E-state index in [0.29, 0.717) is 12.6 Å². The minimum Gasteiger partial charge on any atom is -0.380 e. The number of fused-ring (bicyclic) bond motifs is 1. The lowest BCUT2D eigenvalue weighted by Crippen LogP contribution is -2.22. The molecule has 1 aliphatic rings. The third-order valence-electron chi connectivity index (χ3n) is 3.42. The monoisotopic (exact) mass is 243 g/mol. The molecule has 96 valence electrons. The number of methoxy groups -OCH3 is 1. The van der Waals surface area contributed by atoms with E-state index >= 15 is 0 Å². The molecule has 0 N–H and O–H groups in total. The summed E-state index contributed by atoms with van der Waals surface area (Å²) in [5, 5.41) is 0. The maximum Gasteiger partial charge on any atom is 0.0713 e. The number of allylic oxidation sites excluding steroid dienone is 2. The zero-order chi connectivity index (χ0) is 13.1. The molecule has 0 spiro atoms. The van der Waals surface area contributed by atoms with E-state index in [-0.39, 0.29) is 0 Å². The first-order chi connectivity index (χ1) is 8.61. The van der Waals surface area contributed by atoms with E-state index in [9.17, 15) is 0 Å². The standard InChI is InChI=1S/C16H21NO/c1-12(17(2)3)9-15-8-7-14-6-5-13(11-18-4)10-16(14)15/h5-10,12H,11H2,1-4H3/b15-9+. The number of rotatable bonds is 4. The third kappa shape index (κ3) is 2.71. The van der Waals surface area contributed by atoms with Crippen LogP contribution in [-0.4, -0.2) is 32.1 Å². The fraction of sp³-hybridized carbons (Fsp3) is 0.375. The highest BCUT2D eigenvalue weighted by molar-refractivity contribution is 5.90. The second kappa shape index (κ2) is 5.51. The summed E-state index contributed by atoms with van der Waals surface area (Å²) in [6, 6.07) is 6.96. The van der Waals surface area contributed by atoms with Gasteiger partial charge >= 0.3 is 0 Å². The van der Waals surface area contributed by atoms with Crippen LogP contribution in [0.5, 0.6) is 0 Å². The summed E-state index contributed by atoms with van der Waals surface area (Å²) in [6.07, 6.45) is 6.68. The van der Waals surface area contributed by atoms with Gasteiger partial charge in [0, 0.05) is 13.2 Å². The van der Waals surface area contributed by atoms with Gasteiger partial charge in [0.2, 0.25) is 0 Å². The molecule has 0 aliphatic heterocycles. The highest BCUT2D eigenvalue weighted by atomic mass is 16.5. The summed E-state index contributed by atoms with van der Waals surface area (Å²) in [6.45, 7) is 2.88. The van der Waals surface area contributed by atoms with Gasteiger partial charge in [0.15, 0.2) is 0 Å². The maximum absolute atomic E-state index is 5.19. The molecule has 2 nitrogen and oxygen atoms in total. The van der Waals surface area contributed by atoms with Crippen LogP contribution >= 0.6 is 0 Å². The Labute approximate surface area is 110 Å². The van der Waals surface area contributed by atoms with E-state index in [0.717, 1.165) is 0 Å². The van der Waals surface area contributed by atoms with E-state index in [1.54, 1.807) is 7.11 Å². The average Bonchev–Trinajstić information content (AvgIpc) is 2.72. The van der Waals surface area contributed by atoms with Gasteiger partial charge in [0.25, 0.3) is 0 Å². The molecule has 1 aliphatic carbocycles. The Morgan fingerprint density at radius 2 is 2.06 bits per heavy atom. The zero-order valence-corrected chi connectivity index (χ0v) is 11.6. The van der Waals surface area contributed by atoms with Crippen molar-refractivity contribution in [2.24, 2.45) is 0 Å². The highest BCUT2D eigenvalue weighted by Gasteiger charge is 2.12. The molecule has 1 aromatic carbocycles. The summed E-state index contributed by atoms with van der Waals surface area (Å²) >= 11 is 0. The lowest BCUT2D eigenvalue weighted by atomic mass is 10.0. The Kier molecular flexibility index (Phi) is 4.00. The van der Waals surface area contributed by atoms with Gasteiger partial charge in [-0.3, -0.25) is 0 Å². The summed E-state index contributed by atoms with van der Waals surface area (Å²) in [5.74, 6) is 0. The first kappa shape index (κ1) is 13.1. The summed E-state index contributed by atoms with van der Waals surface area (Å²) in [7, 11) is 5.93. The normalized spacial score (nSPS) is 17.5. The van der Waals surface area contributed by atoms with Crippen molar-refractivity contribution in [1.82, 2.24) is 4.90 Å². The predicted molar refractivity (Wildman–Crippen MR) is 77.3 cm³/mol. The van der Waals surface area contributed by atoms with Crippen LogP contribution in [0, 0.1) is 0 Å². The minimum atomic E-state index is 0.432. The van der Waals surface area contributed by atoms with Crippen molar-refractivity contribution in [3.63, 3.8) is 0 Å². The SMILES string of the molecule is COCc1ccc2c(c1)/C(=C/C(C)N(C)C)C=C2. The number of nitrogens with zero attached hydrogens (tertiary/aromatic N) is 1. The minimum absolute atomic E-state index is 0.432. The molecule has 0 saturated heterocycles. The first-order valence-electron chi connectivity index (χ1n) is 6.30. The van der Waals surface area contributed by atoms with Gasteiger partial charge < -0.3 is 9.64 Å². The second-order valence-corrected chi connectivity index (χ2v) is 5.01. The van der Waals surface area contributed by atoms with Crippen molar-refractivity contribution in [3.8, 4) is 0 Å². The van der Waals surface area contributed by atoms with Crippen LogP contribution in [0.4, 0.5) is 0 Å². The van der Waals surface area contributed by atoms with Gasteiger partial charge in [-0.15, -0.1) is 0 Å². The molecule has 0 fully saturated rings. The van der Waals surface area contributed by atoms with Crippen molar-refractivity contribution in [1.29, 1.82) is 0 Å². The van der Waals surface area contributed by atoms with Gasteiger partial charge in [-0.05, 0) is 49.3 Å². The number of ether oxygens (including phenoxy) is 1. The van der Waals surface area contributed by atoms with Crippen LogP contribution in [0.3, 0.4) is 0 Å². The van der Waals surface area contributed by atoms with E-state index in [2.05, 4.69) is 62.3 Å². The molecule has 0 aromatic heterocycles. The van der Waals surface area contributed by atoms with E-state index in [1.165, 1.54) is 22.3 Å². The summed E-state index contributed by atoms with van der Waals surface area (Å²) < 4.78 is 5.19. The predicted octanol–water partition coefficient (Wildman–Crippen LogP) is 3.19. The maximum atomic E-state index is 5.19. The molecule has 0 bridgehead atoms. The summed E-state index contributed by atoms with van der Waals surface area (Å²) in [5.41, 5.74) is 5.15. The van der Waals surface area contributed by atoms with Crippen LogP contribution in [0.25, 0.3) is 11.6 Å². The van der Waals surface area contributed by atoms with Crippen LogP contribution in [0.1, 0.15) is 23.6 Å². The molecule has 1 aromatic rings. The smallest absolute Gasteiger partial charge is 0.0713 e. The van der Waals surface area contributed by atoms with Crippen LogP contribution in [0.2, 0.25) is 0 Å². The number of hydrogen-bond acceptors (Lipinski definition) is 2. The highest BCUT2D eigenvalue weighted by Crippen LogP contribution is 2.30. The van der Waals surface area contributed by atoms with Crippen molar-refractivity contribution in [2.45, 2.75) is 19.6 Å². The molecule has 1 atom stereocenters. The molecular weight excluding hydrogens is 222 g/mol. The van der Waals surface area contributed by atoms with Gasteiger partial charge in [0.05, 0.1) is 6.61 Å². The lowest BCUT2D eigenvalue weighted by Gasteiger charge is -2.16. The number of benzene rings is 1. The van der Waals surface area contributed by atoms with Gasteiger partial charge in [-0.25, -0.2) is 0 Å². The Bertz CT molecular complexity index is 486. The van der Waals surface area contributed by atoms with Gasteiger partial charge in [-0.2, -0.15) is 0 Å². The molecule has 2 heteroatoms. The molecule has 18 heavy (non-hydrogen) atoms. The van der Waals surface area contributed by atoms with E-state index in [1.807, 2.05) is 0 Å². The van der Waals surface area contributed by atoms with Crippen molar-refractivity contribution >= 4 is 11.6 Å².